The summed E-state index contributed by atoms with van der Waals surface area (Å²) in [5.41, 5.74) is 1.48. The zero-order valence-corrected chi connectivity index (χ0v) is 12.2. The molecule has 2 N–H and O–H groups in total. The summed E-state index contributed by atoms with van der Waals surface area (Å²) in [5, 5.41) is 6.36. The average molecular weight is 297 g/mol. The van der Waals surface area contributed by atoms with Crippen LogP contribution in [0.15, 0.2) is 30.3 Å². The molecule has 4 nitrogen and oxygen atoms in total. The van der Waals surface area contributed by atoms with Crippen molar-refractivity contribution in [1.82, 2.24) is 10.6 Å². The Morgan fingerprint density at radius 1 is 1.35 bits per heavy atom. The lowest BCUT2D eigenvalue weighted by Gasteiger charge is -2.30. The van der Waals surface area contributed by atoms with Gasteiger partial charge in [-0.1, -0.05) is 30.3 Å². The molecule has 0 bridgehead atoms. The Kier molecular flexibility index (Phi) is 4.89. The molecule has 110 valence electrons. The van der Waals surface area contributed by atoms with Crippen molar-refractivity contribution in [3.63, 3.8) is 0 Å². The van der Waals surface area contributed by atoms with Gasteiger partial charge in [0.05, 0.1) is 0 Å². The van der Waals surface area contributed by atoms with E-state index in [0.29, 0.717) is 12.0 Å². The first kappa shape index (κ1) is 15.1. The van der Waals surface area contributed by atoms with Gasteiger partial charge in [0.25, 0.3) is 0 Å². The van der Waals surface area contributed by atoms with E-state index in [0.717, 1.165) is 25.1 Å². The van der Waals surface area contributed by atoms with Crippen LogP contribution in [0, 0.1) is 5.41 Å². The number of alkyl carbamates (subject to hydrolysis) is 1. The molecule has 1 aromatic carbocycles. The molecule has 1 saturated carbocycles. The Hall–Kier alpha value is -1.26. The van der Waals surface area contributed by atoms with Gasteiger partial charge in [0.2, 0.25) is 0 Å². The fourth-order valence-corrected chi connectivity index (χ4v) is 2.77. The Labute approximate surface area is 125 Å². The smallest absolute Gasteiger partial charge is 0.407 e. The Balaban J connectivity index is 0.00000147. The highest BCUT2D eigenvalue weighted by molar-refractivity contribution is 5.85. The van der Waals surface area contributed by atoms with Crippen molar-refractivity contribution in [3.8, 4) is 0 Å². The lowest BCUT2D eigenvalue weighted by atomic mass is 9.93. The fraction of sp³-hybridized carbons (Fsp3) is 0.533. The first-order valence-electron chi connectivity index (χ1n) is 6.94. The molecule has 3 rings (SSSR count). The molecule has 1 aliphatic carbocycles. The minimum atomic E-state index is -0.312. The maximum absolute atomic E-state index is 11.8. The van der Waals surface area contributed by atoms with Crippen LogP contribution in [0.1, 0.15) is 24.8 Å². The molecular formula is C15H21ClN2O2. The number of ether oxygens (including phenoxy) is 1. The van der Waals surface area contributed by atoms with Gasteiger partial charge in [-0.3, -0.25) is 0 Å². The number of hydrogen-bond donors (Lipinski definition) is 2. The molecule has 1 aromatic rings. The van der Waals surface area contributed by atoms with E-state index in [-0.39, 0.29) is 24.5 Å². The van der Waals surface area contributed by atoms with E-state index in [2.05, 4.69) is 10.6 Å². The van der Waals surface area contributed by atoms with Gasteiger partial charge < -0.3 is 15.4 Å². The molecule has 5 heteroatoms. The van der Waals surface area contributed by atoms with E-state index in [9.17, 15) is 4.79 Å². The van der Waals surface area contributed by atoms with E-state index in [1.54, 1.807) is 0 Å². The van der Waals surface area contributed by atoms with E-state index in [1.165, 1.54) is 12.8 Å². The van der Waals surface area contributed by atoms with Crippen molar-refractivity contribution < 1.29 is 9.53 Å². The molecule has 1 spiro atoms. The van der Waals surface area contributed by atoms with Gasteiger partial charge in [0, 0.05) is 19.1 Å². The van der Waals surface area contributed by atoms with Gasteiger partial charge in [-0.25, -0.2) is 4.79 Å². The summed E-state index contributed by atoms with van der Waals surface area (Å²) in [6.07, 6.45) is 3.35. The summed E-state index contributed by atoms with van der Waals surface area (Å²) < 4.78 is 5.24. The van der Waals surface area contributed by atoms with Crippen LogP contribution < -0.4 is 10.6 Å². The summed E-state index contributed by atoms with van der Waals surface area (Å²) >= 11 is 0. The average Bonchev–Trinajstić information content (AvgIpc) is 3.17. The molecule has 1 atom stereocenters. The third-order valence-corrected chi connectivity index (χ3v) is 4.06. The Morgan fingerprint density at radius 3 is 2.80 bits per heavy atom. The molecule has 0 aromatic heterocycles. The molecule has 1 aliphatic heterocycles. The van der Waals surface area contributed by atoms with Crippen LogP contribution >= 0.6 is 12.4 Å². The number of carbonyl (C=O) groups is 1. The van der Waals surface area contributed by atoms with Gasteiger partial charge in [-0.2, -0.15) is 0 Å². The maximum atomic E-state index is 11.8. The van der Waals surface area contributed by atoms with Crippen LogP contribution in [-0.2, 0) is 11.3 Å². The van der Waals surface area contributed by atoms with E-state index in [1.807, 2.05) is 30.3 Å². The van der Waals surface area contributed by atoms with Gasteiger partial charge >= 0.3 is 6.09 Å². The number of rotatable bonds is 3. The van der Waals surface area contributed by atoms with Gasteiger partial charge in [-0.15, -0.1) is 12.4 Å². The molecule has 2 fully saturated rings. The van der Waals surface area contributed by atoms with Crippen LogP contribution in [0.25, 0.3) is 0 Å². The molecule has 0 radical (unpaired) electrons. The maximum Gasteiger partial charge on any atom is 0.407 e. The van der Waals surface area contributed by atoms with Gasteiger partial charge in [-0.05, 0) is 30.2 Å². The summed E-state index contributed by atoms with van der Waals surface area (Å²) in [6, 6.07) is 9.95. The van der Waals surface area contributed by atoms with E-state index in [4.69, 9.17) is 4.74 Å². The number of piperidine rings is 1. The number of hydrogen-bond acceptors (Lipinski definition) is 3. The normalized spacial score (nSPS) is 22.7. The van der Waals surface area contributed by atoms with Crippen molar-refractivity contribution in [2.24, 2.45) is 5.41 Å². The fourth-order valence-electron chi connectivity index (χ4n) is 2.77. The van der Waals surface area contributed by atoms with Crippen molar-refractivity contribution in [2.45, 2.75) is 31.9 Å². The zero-order valence-electron chi connectivity index (χ0n) is 11.4. The minimum absolute atomic E-state index is 0. The topological polar surface area (TPSA) is 50.4 Å². The highest BCUT2D eigenvalue weighted by Crippen LogP contribution is 2.50. The highest BCUT2D eigenvalue weighted by atomic mass is 35.5. The SMILES string of the molecule is Cl.O=C(NC1CNCC2(CC2)C1)OCc1ccccc1. The van der Waals surface area contributed by atoms with Gasteiger partial charge in [0.1, 0.15) is 6.61 Å². The third kappa shape index (κ3) is 3.87. The van der Waals surface area contributed by atoms with E-state index >= 15 is 0 Å². The van der Waals surface area contributed by atoms with Crippen molar-refractivity contribution in [1.29, 1.82) is 0 Å². The second kappa shape index (κ2) is 6.46. The third-order valence-electron chi connectivity index (χ3n) is 4.06. The lowest BCUT2D eigenvalue weighted by Crippen LogP contribution is -2.49. The van der Waals surface area contributed by atoms with Crippen molar-refractivity contribution in [3.05, 3.63) is 35.9 Å². The van der Waals surface area contributed by atoms with Crippen LogP contribution in [0.4, 0.5) is 4.79 Å². The first-order chi connectivity index (χ1) is 9.26. The van der Waals surface area contributed by atoms with Crippen LogP contribution in [0.5, 0.6) is 0 Å². The standard InChI is InChI=1S/C15H20N2O2.ClH/c18-14(19-10-12-4-2-1-3-5-12)17-13-8-15(6-7-15)11-16-9-13;/h1-5,13,16H,6-11H2,(H,17,18);1H. The molecule has 1 unspecified atom stereocenters. The molecule has 1 saturated heterocycles. The largest absolute Gasteiger partial charge is 0.445 e. The molecule has 2 aliphatic rings. The number of amides is 1. The van der Waals surface area contributed by atoms with Crippen LogP contribution in [0.3, 0.4) is 0 Å². The molecule has 20 heavy (non-hydrogen) atoms. The van der Waals surface area contributed by atoms with Crippen molar-refractivity contribution >= 4 is 18.5 Å². The predicted molar refractivity (Wildman–Crippen MR) is 80.0 cm³/mol. The van der Waals surface area contributed by atoms with Gasteiger partial charge in [0.15, 0.2) is 0 Å². The summed E-state index contributed by atoms with van der Waals surface area (Å²) in [4.78, 5) is 11.8. The number of nitrogens with one attached hydrogen (secondary N) is 2. The monoisotopic (exact) mass is 296 g/mol. The summed E-state index contributed by atoms with van der Waals surface area (Å²) in [7, 11) is 0. The minimum Gasteiger partial charge on any atom is -0.445 e. The summed E-state index contributed by atoms with van der Waals surface area (Å²) in [5.74, 6) is 0. The van der Waals surface area contributed by atoms with Crippen molar-refractivity contribution in [2.75, 3.05) is 13.1 Å². The Morgan fingerprint density at radius 2 is 2.10 bits per heavy atom. The van der Waals surface area contributed by atoms with Crippen LogP contribution in [0.2, 0.25) is 0 Å². The number of carbonyl (C=O) groups excluding carboxylic acids is 1. The number of halogens is 1. The molecule has 1 heterocycles. The second-order valence-corrected chi connectivity index (χ2v) is 5.74. The van der Waals surface area contributed by atoms with Crippen LogP contribution in [-0.4, -0.2) is 25.2 Å². The predicted octanol–water partition coefficient (Wildman–Crippen LogP) is 2.48. The lowest BCUT2D eigenvalue weighted by molar-refractivity contribution is 0.131. The molecule has 1 amide bonds. The first-order valence-corrected chi connectivity index (χ1v) is 6.94. The molecular weight excluding hydrogens is 276 g/mol. The zero-order chi connectivity index (χ0) is 13.1. The quantitative estimate of drug-likeness (QED) is 0.901. The highest BCUT2D eigenvalue weighted by Gasteiger charge is 2.46. The summed E-state index contributed by atoms with van der Waals surface area (Å²) in [6.45, 7) is 2.28. The number of benzene rings is 1. The Bertz CT molecular complexity index is 448. The second-order valence-electron chi connectivity index (χ2n) is 5.74. The van der Waals surface area contributed by atoms with E-state index < -0.39 is 0 Å².